The van der Waals surface area contributed by atoms with Crippen LogP contribution in [0.25, 0.3) is 0 Å². The molecular formula is C12H23N3O2S. The molecule has 1 amide bonds. The third-order valence-corrected chi connectivity index (χ3v) is 3.29. The molecule has 1 heterocycles. The lowest BCUT2D eigenvalue weighted by Crippen LogP contribution is -2.60. The van der Waals surface area contributed by atoms with Crippen LogP contribution in [0.2, 0.25) is 0 Å². The van der Waals surface area contributed by atoms with Crippen molar-refractivity contribution < 1.29 is 9.53 Å². The number of hydrogen-bond donors (Lipinski definition) is 2. The number of ether oxygens (including phenoxy) is 1. The maximum Gasteiger partial charge on any atom is 0.239 e. The second-order valence-electron chi connectivity index (χ2n) is 4.82. The van der Waals surface area contributed by atoms with E-state index in [1.807, 2.05) is 20.8 Å². The first-order valence-electron chi connectivity index (χ1n) is 6.40. The van der Waals surface area contributed by atoms with Crippen molar-refractivity contribution in [3.05, 3.63) is 0 Å². The molecule has 104 valence electrons. The molecule has 3 N–H and O–H groups in total. The largest absolute Gasteiger partial charge is 0.392 e. The van der Waals surface area contributed by atoms with Crippen molar-refractivity contribution in [3.63, 3.8) is 0 Å². The molecule has 0 aromatic heterocycles. The molecule has 2 atom stereocenters. The Labute approximate surface area is 114 Å². The van der Waals surface area contributed by atoms with Gasteiger partial charge in [0.25, 0.3) is 0 Å². The predicted molar refractivity (Wildman–Crippen MR) is 75.5 cm³/mol. The number of thiocarbonyl (C=S) groups is 1. The highest BCUT2D eigenvalue weighted by Gasteiger charge is 2.34. The summed E-state index contributed by atoms with van der Waals surface area (Å²) in [5, 5.41) is 2.92. The van der Waals surface area contributed by atoms with Crippen LogP contribution in [0.5, 0.6) is 0 Å². The average molecular weight is 273 g/mol. The normalized spacial score (nSPS) is 22.8. The number of carbonyl (C=O) groups is 1. The van der Waals surface area contributed by atoms with Crippen LogP contribution in [0.4, 0.5) is 0 Å². The number of amides is 1. The topological polar surface area (TPSA) is 67.6 Å². The second-order valence-corrected chi connectivity index (χ2v) is 5.29. The van der Waals surface area contributed by atoms with Crippen LogP contribution in [0.3, 0.4) is 0 Å². The molecule has 0 saturated carbocycles. The molecule has 1 aliphatic heterocycles. The lowest BCUT2D eigenvalue weighted by Gasteiger charge is -2.39. The van der Waals surface area contributed by atoms with Crippen LogP contribution in [-0.4, -0.2) is 53.7 Å². The standard InChI is InChI=1S/C12H23N3O2S/c1-4-9(11(13)18)15-5-6-17-7-10(15)12(16)14-8(2)3/h8-10H,4-7H2,1-3H3,(H2,13,18)(H,14,16). The van der Waals surface area contributed by atoms with Crippen LogP contribution in [0.1, 0.15) is 27.2 Å². The van der Waals surface area contributed by atoms with Gasteiger partial charge in [0, 0.05) is 12.6 Å². The van der Waals surface area contributed by atoms with Gasteiger partial charge in [0.15, 0.2) is 0 Å². The van der Waals surface area contributed by atoms with E-state index < -0.39 is 0 Å². The summed E-state index contributed by atoms with van der Waals surface area (Å²) in [6, 6.07) is -0.217. The minimum Gasteiger partial charge on any atom is -0.392 e. The van der Waals surface area contributed by atoms with E-state index in [-0.39, 0.29) is 24.0 Å². The van der Waals surface area contributed by atoms with Gasteiger partial charge in [-0.05, 0) is 20.3 Å². The van der Waals surface area contributed by atoms with Gasteiger partial charge in [0.2, 0.25) is 5.91 Å². The Morgan fingerprint density at radius 3 is 2.78 bits per heavy atom. The Hall–Kier alpha value is -0.720. The number of hydrogen-bond acceptors (Lipinski definition) is 4. The van der Waals surface area contributed by atoms with E-state index in [1.54, 1.807) is 0 Å². The van der Waals surface area contributed by atoms with Crippen molar-refractivity contribution in [2.75, 3.05) is 19.8 Å². The Balaban J connectivity index is 2.78. The zero-order valence-electron chi connectivity index (χ0n) is 11.3. The second kappa shape index (κ2) is 7.01. The molecule has 0 bridgehead atoms. The van der Waals surface area contributed by atoms with E-state index in [9.17, 15) is 4.79 Å². The molecule has 1 saturated heterocycles. The van der Waals surface area contributed by atoms with E-state index in [0.29, 0.717) is 24.7 Å². The summed E-state index contributed by atoms with van der Waals surface area (Å²) in [5.74, 6) is -0.0144. The minimum atomic E-state index is -0.299. The zero-order chi connectivity index (χ0) is 13.7. The number of nitrogens with two attached hydrogens (primary N) is 1. The van der Waals surface area contributed by atoms with Gasteiger partial charge < -0.3 is 15.8 Å². The quantitative estimate of drug-likeness (QED) is 0.704. The first kappa shape index (κ1) is 15.3. The Morgan fingerprint density at radius 2 is 2.28 bits per heavy atom. The fraction of sp³-hybridized carbons (Fsp3) is 0.833. The highest BCUT2D eigenvalue weighted by atomic mass is 32.1. The van der Waals surface area contributed by atoms with Crippen molar-refractivity contribution in [2.45, 2.75) is 45.3 Å². The molecule has 2 unspecified atom stereocenters. The maximum absolute atomic E-state index is 12.1. The Morgan fingerprint density at radius 1 is 1.61 bits per heavy atom. The highest BCUT2D eigenvalue weighted by Crippen LogP contribution is 2.14. The number of nitrogens with one attached hydrogen (secondary N) is 1. The third kappa shape index (κ3) is 3.90. The molecular weight excluding hydrogens is 250 g/mol. The van der Waals surface area contributed by atoms with Crippen molar-refractivity contribution in [1.29, 1.82) is 0 Å². The van der Waals surface area contributed by atoms with Crippen LogP contribution in [-0.2, 0) is 9.53 Å². The third-order valence-electron chi connectivity index (χ3n) is 3.02. The predicted octanol–water partition coefficient (Wildman–Crippen LogP) is 0.277. The molecule has 1 fully saturated rings. The SMILES string of the molecule is CCC(C(N)=S)N1CCOCC1C(=O)NC(C)C. The first-order valence-corrected chi connectivity index (χ1v) is 6.81. The van der Waals surface area contributed by atoms with Crippen molar-refractivity contribution in [1.82, 2.24) is 10.2 Å². The van der Waals surface area contributed by atoms with E-state index in [0.717, 1.165) is 6.42 Å². The average Bonchev–Trinajstić information content (AvgIpc) is 2.29. The van der Waals surface area contributed by atoms with Crippen molar-refractivity contribution >= 4 is 23.1 Å². The number of nitrogens with zero attached hydrogens (tertiary/aromatic N) is 1. The molecule has 0 aromatic carbocycles. The lowest BCUT2D eigenvalue weighted by molar-refractivity contribution is -0.134. The summed E-state index contributed by atoms with van der Waals surface area (Å²) in [5.41, 5.74) is 5.76. The van der Waals surface area contributed by atoms with Crippen LogP contribution in [0.15, 0.2) is 0 Å². The van der Waals surface area contributed by atoms with Gasteiger partial charge >= 0.3 is 0 Å². The highest BCUT2D eigenvalue weighted by molar-refractivity contribution is 7.80. The summed E-state index contributed by atoms with van der Waals surface area (Å²) in [6.45, 7) is 7.61. The number of carbonyl (C=O) groups excluding carboxylic acids is 1. The fourth-order valence-electron chi connectivity index (χ4n) is 2.20. The van der Waals surface area contributed by atoms with Crippen LogP contribution in [0, 0.1) is 0 Å². The fourth-order valence-corrected chi connectivity index (χ4v) is 2.50. The molecule has 1 rings (SSSR count). The van der Waals surface area contributed by atoms with E-state index in [2.05, 4.69) is 10.2 Å². The molecule has 0 aliphatic carbocycles. The smallest absolute Gasteiger partial charge is 0.239 e. The van der Waals surface area contributed by atoms with E-state index in [1.165, 1.54) is 0 Å². The van der Waals surface area contributed by atoms with E-state index in [4.69, 9.17) is 22.7 Å². The van der Waals surface area contributed by atoms with Crippen molar-refractivity contribution in [3.8, 4) is 0 Å². The van der Waals surface area contributed by atoms with Gasteiger partial charge in [-0.2, -0.15) is 0 Å². The molecule has 6 heteroatoms. The summed E-state index contributed by atoms with van der Waals surface area (Å²) in [6.07, 6.45) is 0.806. The molecule has 5 nitrogen and oxygen atoms in total. The summed E-state index contributed by atoms with van der Waals surface area (Å²) < 4.78 is 5.40. The molecule has 0 aromatic rings. The molecule has 18 heavy (non-hydrogen) atoms. The first-order chi connectivity index (χ1) is 8.47. The summed E-state index contributed by atoms with van der Waals surface area (Å²) in [7, 11) is 0. The number of rotatable bonds is 5. The van der Waals surface area contributed by atoms with E-state index >= 15 is 0 Å². The van der Waals surface area contributed by atoms with Crippen LogP contribution >= 0.6 is 12.2 Å². The van der Waals surface area contributed by atoms with Gasteiger partial charge in [0.1, 0.15) is 6.04 Å². The molecule has 0 radical (unpaired) electrons. The number of morpholine rings is 1. The van der Waals surface area contributed by atoms with Gasteiger partial charge in [0.05, 0.1) is 24.2 Å². The van der Waals surface area contributed by atoms with Gasteiger partial charge in [-0.1, -0.05) is 19.1 Å². The van der Waals surface area contributed by atoms with Gasteiger partial charge in [-0.25, -0.2) is 0 Å². The Kier molecular flexibility index (Phi) is 5.98. The van der Waals surface area contributed by atoms with Gasteiger partial charge in [-0.15, -0.1) is 0 Å². The Bertz CT molecular complexity index is 310. The van der Waals surface area contributed by atoms with Crippen LogP contribution < -0.4 is 11.1 Å². The maximum atomic E-state index is 12.1. The summed E-state index contributed by atoms with van der Waals surface area (Å²) in [4.78, 5) is 14.7. The zero-order valence-corrected chi connectivity index (χ0v) is 12.1. The molecule has 1 aliphatic rings. The summed E-state index contributed by atoms with van der Waals surface area (Å²) >= 11 is 5.09. The van der Waals surface area contributed by atoms with Gasteiger partial charge in [-0.3, -0.25) is 9.69 Å². The lowest BCUT2D eigenvalue weighted by atomic mass is 10.1. The minimum absolute atomic E-state index is 0.0144. The molecule has 0 spiro atoms. The van der Waals surface area contributed by atoms with Crippen molar-refractivity contribution in [2.24, 2.45) is 5.73 Å². The monoisotopic (exact) mass is 273 g/mol.